The molecule has 0 saturated carbocycles. The van der Waals surface area contributed by atoms with Crippen molar-refractivity contribution in [2.45, 2.75) is 25.6 Å². The number of pyridine rings is 1. The Morgan fingerprint density at radius 3 is 2.76 bits per heavy atom. The number of nitrogens with zero attached hydrogens (tertiary/aromatic N) is 2. The van der Waals surface area contributed by atoms with E-state index in [0.29, 0.717) is 11.1 Å². The molecule has 0 saturated heterocycles. The standard InChI is InChI=1S/C11H13N3O3/c1-6-2-7(5-14-8(6)4-12)11(17)9(15)3-10(13)16/h2,5,9,11,15,17H,3H2,1H3,(H2,13,16). The summed E-state index contributed by atoms with van der Waals surface area (Å²) in [6, 6.07) is 3.44. The van der Waals surface area contributed by atoms with Gasteiger partial charge in [0, 0.05) is 11.8 Å². The molecule has 2 atom stereocenters. The first-order valence-corrected chi connectivity index (χ1v) is 4.96. The second-order valence-corrected chi connectivity index (χ2v) is 3.73. The van der Waals surface area contributed by atoms with E-state index in [1.54, 1.807) is 13.0 Å². The van der Waals surface area contributed by atoms with Crippen molar-refractivity contribution in [1.82, 2.24) is 4.98 Å². The third kappa shape index (κ3) is 3.24. The molecule has 6 nitrogen and oxygen atoms in total. The van der Waals surface area contributed by atoms with E-state index < -0.39 is 18.1 Å². The number of carbonyl (C=O) groups excluding carboxylic acids is 1. The van der Waals surface area contributed by atoms with Gasteiger partial charge < -0.3 is 15.9 Å². The van der Waals surface area contributed by atoms with Crippen molar-refractivity contribution < 1.29 is 15.0 Å². The van der Waals surface area contributed by atoms with Gasteiger partial charge >= 0.3 is 0 Å². The molecule has 0 aliphatic rings. The van der Waals surface area contributed by atoms with Crippen LogP contribution in [0, 0.1) is 18.3 Å². The van der Waals surface area contributed by atoms with Gasteiger partial charge in [-0.2, -0.15) is 5.26 Å². The van der Waals surface area contributed by atoms with Crippen LogP contribution in [0.2, 0.25) is 0 Å². The number of carbonyl (C=O) groups is 1. The lowest BCUT2D eigenvalue weighted by atomic mass is 10.0. The number of nitriles is 1. The van der Waals surface area contributed by atoms with Gasteiger partial charge in [0.15, 0.2) is 0 Å². The molecule has 1 aromatic heterocycles. The molecule has 0 aliphatic heterocycles. The van der Waals surface area contributed by atoms with Crippen molar-refractivity contribution >= 4 is 5.91 Å². The fraction of sp³-hybridized carbons (Fsp3) is 0.364. The summed E-state index contributed by atoms with van der Waals surface area (Å²) < 4.78 is 0. The number of amides is 1. The molecule has 1 amide bonds. The highest BCUT2D eigenvalue weighted by Gasteiger charge is 2.21. The smallest absolute Gasteiger partial charge is 0.220 e. The zero-order valence-corrected chi connectivity index (χ0v) is 9.29. The first kappa shape index (κ1) is 13.1. The Morgan fingerprint density at radius 1 is 1.65 bits per heavy atom. The quantitative estimate of drug-likeness (QED) is 0.651. The van der Waals surface area contributed by atoms with E-state index >= 15 is 0 Å². The Kier molecular flexibility index (Phi) is 4.15. The number of hydrogen-bond donors (Lipinski definition) is 3. The Labute approximate surface area is 98.3 Å². The molecule has 0 bridgehead atoms. The molecule has 0 spiro atoms. The summed E-state index contributed by atoms with van der Waals surface area (Å²) in [5, 5.41) is 28.0. The van der Waals surface area contributed by atoms with Gasteiger partial charge in [0.2, 0.25) is 5.91 Å². The SMILES string of the molecule is Cc1cc(C(O)C(O)CC(N)=O)cnc1C#N. The van der Waals surface area contributed by atoms with Gasteiger partial charge in [0.1, 0.15) is 17.9 Å². The van der Waals surface area contributed by atoms with Crippen molar-refractivity contribution in [1.29, 1.82) is 5.26 Å². The zero-order valence-electron chi connectivity index (χ0n) is 9.29. The van der Waals surface area contributed by atoms with E-state index in [0.717, 1.165) is 0 Å². The van der Waals surface area contributed by atoms with Crippen molar-refractivity contribution in [2.75, 3.05) is 0 Å². The molecule has 0 fully saturated rings. The Bertz CT molecular complexity index is 468. The van der Waals surface area contributed by atoms with Crippen molar-refractivity contribution in [3.63, 3.8) is 0 Å². The molecule has 90 valence electrons. The number of rotatable bonds is 4. The fourth-order valence-electron chi connectivity index (χ4n) is 1.42. The predicted octanol–water partition coefficient (Wildman–Crippen LogP) is -0.469. The van der Waals surface area contributed by atoms with E-state index in [2.05, 4.69) is 4.98 Å². The highest BCUT2D eigenvalue weighted by molar-refractivity contribution is 5.74. The van der Waals surface area contributed by atoms with Crippen LogP contribution < -0.4 is 5.73 Å². The highest BCUT2D eigenvalue weighted by atomic mass is 16.3. The first-order valence-electron chi connectivity index (χ1n) is 4.96. The van der Waals surface area contributed by atoms with Crippen LogP contribution in [0.25, 0.3) is 0 Å². The number of aliphatic hydroxyl groups is 2. The maximum Gasteiger partial charge on any atom is 0.220 e. The van der Waals surface area contributed by atoms with Crippen molar-refractivity contribution in [3.05, 3.63) is 29.1 Å². The van der Waals surface area contributed by atoms with Gasteiger partial charge in [-0.05, 0) is 18.6 Å². The van der Waals surface area contributed by atoms with Crippen LogP contribution >= 0.6 is 0 Å². The lowest BCUT2D eigenvalue weighted by Crippen LogP contribution is -2.25. The molecule has 2 unspecified atom stereocenters. The average molecular weight is 235 g/mol. The minimum atomic E-state index is -1.28. The molecule has 4 N–H and O–H groups in total. The van der Waals surface area contributed by atoms with Crippen molar-refractivity contribution in [2.24, 2.45) is 5.73 Å². The lowest BCUT2D eigenvalue weighted by Gasteiger charge is -2.16. The minimum Gasteiger partial charge on any atom is -0.390 e. The van der Waals surface area contributed by atoms with Crippen LogP contribution in [0.5, 0.6) is 0 Å². The number of aromatic nitrogens is 1. The number of aliphatic hydroxyl groups excluding tert-OH is 2. The van der Waals surface area contributed by atoms with Gasteiger partial charge in [0.05, 0.1) is 12.5 Å². The minimum absolute atomic E-state index is 0.255. The van der Waals surface area contributed by atoms with Crippen LogP contribution in [0.4, 0.5) is 0 Å². The molecule has 1 rings (SSSR count). The summed E-state index contributed by atoms with van der Waals surface area (Å²) in [4.78, 5) is 14.4. The molecular weight excluding hydrogens is 222 g/mol. The van der Waals surface area contributed by atoms with Crippen LogP contribution in [0.15, 0.2) is 12.3 Å². The summed E-state index contributed by atoms with van der Waals surface area (Å²) in [5.41, 5.74) is 6.11. The van der Waals surface area contributed by atoms with Gasteiger partial charge in [0.25, 0.3) is 0 Å². The Hall–Kier alpha value is -1.97. The molecule has 6 heteroatoms. The monoisotopic (exact) mass is 235 g/mol. The number of primary amides is 1. The van der Waals surface area contributed by atoms with E-state index in [1.807, 2.05) is 6.07 Å². The zero-order chi connectivity index (χ0) is 13.0. The van der Waals surface area contributed by atoms with Gasteiger partial charge in [-0.1, -0.05) is 0 Å². The number of hydrogen-bond acceptors (Lipinski definition) is 5. The summed E-state index contributed by atoms with van der Waals surface area (Å²) in [5.74, 6) is -0.699. The third-order valence-corrected chi connectivity index (χ3v) is 2.32. The molecule has 1 aromatic rings. The summed E-state index contributed by atoms with van der Waals surface area (Å²) in [7, 11) is 0. The van der Waals surface area contributed by atoms with E-state index in [9.17, 15) is 15.0 Å². The van der Waals surface area contributed by atoms with E-state index in [-0.39, 0.29) is 12.1 Å². The Morgan fingerprint density at radius 2 is 2.29 bits per heavy atom. The van der Waals surface area contributed by atoms with Gasteiger partial charge in [-0.3, -0.25) is 4.79 Å². The first-order chi connectivity index (χ1) is 7.95. The van der Waals surface area contributed by atoms with Crippen LogP contribution in [0.3, 0.4) is 0 Å². The molecular formula is C11H13N3O3. The molecule has 17 heavy (non-hydrogen) atoms. The second-order valence-electron chi connectivity index (χ2n) is 3.73. The van der Waals surface area contributed by atoms with Crippen LogP contribution in [0.1, 0.15) is 29.3 Å². The third-order valence-electron chi connectivity index (χ3n) is 2.32. The maximum atomic E-state index is 10.6. The van der Waals surface area contributed by atoms with Gasteiger partial charge in [-0.15, -0.1) is 0 Å². The molecule has 0 aromatic carbocycles. The largest absolute Gasteiger partial charge is 0.390 e. The highest BCUT2D eigenvalue weighted by Crippen LogP contribution is 2.19. The van der Waals surface area contributed by atoms with E-state index in [1.165, 1.54) is 6.20 Å². The molecule has 0 radical (unpaired) electrons. The number of aryl methyl sites for hydroxylation is 1. The number of nitrogens with two attached hydrogens (primary N) is 1. The van der Waals surface area contributed by atoms with Crippen molar-refractivity contribution in [3.8, 4) is 6.07 Å². The average Bonchev–Trinajstić information content (AvgIpc) is 2.27. The van der Waals surface area contributed by atoms with Gasteiger partial charge in [-0.25, -0.2) is 4.98 Å². The summed E-state index contributed by atoms with van der Waals surface area (Å²) in [6.07, 6.45) is -1.57. The van der Waals surface area contributed by atoms with E-state index in [4.69, 9.17) is 11.0 Å². The summed E-state index contributed by atoms with van der Waals surface area (Å²) >= 11 is 0. The van der Waals surface area contributed by atoms with Crippen LogP contribution in [-0.2, 0) is 4.79 Å². The normalized spacial score (nSPS) is 13.8. The molecule has 0 aliphatic carbocycles. The second kappa shape index (κ2) is 5.39. The summed E-state index contributed by atoms with van der Waals surface area (Å²) in [6.45, 7) is 1.67. The maximum absolute atomic E-state index is 10.6. The lowest BCUT2D eigenvalue weighted by molar-refractivity contribution is -0.121. The fourth-order valence-corrected chi connectivity index (χ4v) is 1.42. The Balaban J connectivity index is 2.90. The topological polar surface area (TPSA) is 120 Å². The molecule has 1 heterocycles. The van der Waals surface area contributed by atoms with Crippen LogP contribution in [-0.4, -0.2) is 27.2 Å². The predicted molar refractivity (Wildman–Crippen MR) is 58.5 cm³/mol.